The van der Waals surface area contributed by atoms with E-state index in [1.54, 1.807) is 13.8 Å². The molecule has 0 saturated carbocycles. The van der Waals surface area contributed by atoms with Crippen LogP contribution in [0.5, 0.6) is 0 Å². The van der Waals surface area contributed by atoms with Crippen LogP contribution >= 0.6 is 11.3 Å². The summed E-state index contributed by atoms with van der Waals surface area (Å²) in [4.78, 5) is 31.8. The molecule has 0 saturated heterocycles. The molecule has 3 aromatic rings. The number of esters is 2. The summed E-state index contributed by atoms with van der Waals surface area (Å²) in [7, 11) is 0. The first-order chi connectivity index (χ1) is 17.3. The van der Waals surface area contributed by atoms with Crippen molar-refractivity contribution in [1.82, 2.24) is 10.3 Å². The van der Waals surface area contributed by atoms with Crippen LogP contribution in [0.1, 0.15) is 49.7 Å². The molecule has 0 amide bonds. The second-order valence-electron chi connectivity index (χ2n) is 9.11. The third kappa shape index (κ3) is 4.80. The molecule has 7 heteroatoms. The summed E-state index contributed by atoms with van der Waals surface area (Å²) in [6.07, 6.45) is 0. The molecule has 2 aromatic carbocycles. The molecule has 2 heterocycles. The Morgan fingerprint density at radius 1 is 1.00 bits per heavy atom. The fraction of sp³-hybridized carbons (Fsp3) is 0.345. The van der Waals surface area contributed by atoms with Crippen molar-refractivity contribution in [3.05, 3.63) is 87.4 Å². The predicted molar refractivity (Wildman–Crippen MR) is 141 cm³/mol. The molecule has 1 aliphatic rings. The SMILES string of the molecule is CCOC(=O)C1=C(C)NC(C)(c2nc(-c3ccc(C)cc3)cs2)C(C(=O)OCC)C1c1ccccc1. The number of rotatable bonds is 7. The Hall–Kier alpha value is -3.45. The van der Waals surface area contributed by atoms with Gasteiger partial charge in [0, 0.05) is 22.6 Å². The normalized spacial score (nSPS) is 21.6. The summed E-state index contributed by atoms with van der Waals surface area (Å²) < 4.78 is 11.0. The van der Waals surface area contributed by atoms with Crippen molar-refractivity contribution in [2.45, 2.75) is 46.1 Å². The average molecular weight is 505 g/mol. The number of nitrogens with one attached hydrogen (secondary N) is 1. The van der Waals surface area contributed by atoms with E-state index in [4.69, 9.17) is 14.5 Å². The van der Waals surface area contributed by atoms with Gasteiger partial charge in [0.1, 0.15) is 10.5 Å². The second-order valence-corrected chi connectivity index (χ2v) is 9.97. The highest BCUT2D eigenvalue weighted by Gasteiger charge is 2.54. The van der Waals surface area contributed by atoms with Crippen LogP contribution in [-0.2, 0) is 24.6 Å². The Morgan fingerprint density at radius 2 is 1.67 bits per heavy atom. The maximum Gasteiger partial charge on any atom is 0.336 e. The van der Waals surface area contributed by atoms with Gasteiger partial charge in [0.2, 0.25) is 0 Å². The number of nitrogens with zero attached hydrogens (tertiary/aromatic N) is 1. The lowest BCUT2D eigenvalue weighted by atomic mass is 9.67. The third-order valence-electron chi connectivity index (χ3n) is 6.61. The van der Waals surface area contributed by atoms with Crippen LogP contribution in [0.3, 0.4) is 0 Å². The monoisotopic (exact) mass is 504 g/mol. The number of benzene rings is 2. The summed E-state index contributed by atoms with van der Waals surface area (Å²) in [5.74, 6) is -2.14. The van der Waals surface area contributed by atoms with Gasteiger partial charge in [-0.3, -0.25) is 4.79 Å². The Balaban J connectivity index is 1.89. The van der Waals surface area contributed by atoms with E-state index in [2.05, 4.69) is 17.4 Å². The lowest BCUT2D eigenvalue weighted by molar-refractivity contribution is -0.152. The lowest BCUT2D eigenvalue weighted by Gasteiger charge is -2.45. The molecule has 1 aromatic heterocycles. The number of allylic oxidation sites excluding steroid dienone is 1. The van der Waals surface area contributed by atoms with Gasteiger partial charge in [-0.1, -0.05) is 60.2 Å². The molecule has 3 atom stereocenters. The van der Waals surface area contributed by atoms with E-state index in [1.807, 2.05) is 68.6 Å². The molecule has 4 rings (SSSR count). The van der Waals surface area contributed by atoms with Crippen molar-refractivity contribution >= 4 is 23.3 Å². The maximum atomic E-state index is 13.7. The van der Waals surface area contributed by atoms with E-state index in [0.717, 1.165) is 21.8 Å². The van der Waals surface area contributed by atoms with Crippen LogP contribution in [0.15, 0.2) is 71.2 Å². The number of aromatic nitrogens is 1. The Morgan fingerprint density at radius 3 is 2.31 bits per heavy atom. The second kappa shape index (κ2) is 10.7. The molecule has 3 unspecified atom stereocenters. The lowest BCUT2D eigenvalue weighted by Crippen LogP contribution is -2.55. The summed E-state index contributed by atoms with van der Waals surface area (Å²) >= 11 is 1.49. The molecule has 1 aliphatic heterocycles. The zero-order chi connectivity index (χ0) is 25.9. The largest absolute Gasteiger partial charge is 0.466 e. The van der Waals surface area contributed by atoms with E-state index >= 15 is 0 Å². The van der Waals surface area contributed by atoms with Crippen molar-refractivity contribution in [3.63, 3.8) is 0 Å². The molecule has 36 heavy (non-hydrogen) atoms. The van der Waals surface area contributed by atoms with Gasteiger partial charge >= 0.3 is 11.9 Å². The van der Waals surface area contributed by atoms with Crippen LogP contribution in [0.2, 0.25) is 0 Å². The van der Waals surface area contributed by atoms with E-state index in [0.29, 0.717) is 11.3 Å². The first-order valence-electron chi connectivity index (χ1n) is 12.2. The molecule has 0 bridgehead atoms. The van der Waals surface area contributed by atoms with Crippen molar-refractivity contribution in [1.29, 1.82) is 0 Å². The van der Waals surface area contributed by atoms with Gasteiger partial charge in [0.15, 0.2) is 0 Å². The summed E-state index contributed by atoms with van der Waals surface area (Å²) in [5, 5.41) is 6.24. The van der Waals surface area contributed by atoms with Gasteiger partial charge in [-0.05, 0) is 40.2 Å². The molecule has 188 valence electrons. The van der Waals surface area contributed by atoms with Crippen molar-refractivity contribution in [3.8, 4) is 11.3 Å². The number of hydrogen-bond donors (Lipinski definition) is 1. The molecule has 0 fully saturated rings. The van der Waals surface area contributed by atoms with Crippen molar-refractivity contribution in [2.24, 2.45) is 5.92 Å². The standard InChI is InChI=1S/C29H32N2O4S/c1-6-34-26(32)23-19(4)31-29(5,28-30-22(17-36-28)20-15-13-18(3)14-16-20)25(27(33)35-7-2)24(23)21-11-9-8-10-12-21/h8-17,24-25,31H,6-7H2,1-5H3. The first kappa shape index (κ1) is 25.6. The fourth-order valence-corrected chi connectivity index (χ4v) is 5.92. The van der Waals surface area contributed by atoms with Gasteiger partial charge in [0.05, 0.1) is 30.4 Å². The topological polar surface area (TPSA) is 77.5 Å². The summed E-state index contributed by atoms with van der Waals surface area (Å²) in [6, 6.07) is 17.8. The zero-order valence-electron chi connectivity index (χ0n) is 21.3. The Kier molecular flexibility index (Phi) is 7.59. The van der Waals surface area contributed by atoms with Crippen LogP contribution in [0.25, 0.3) is 11.3 Å². The van der Waals surface area contributed by atoms with E-state index in [9.17, 15) is 9.59 Å². The average Bonchev–Trinajstić information content (AvgIpc) is 3.36. The minimum Gasteiger partial charge on any atom is -0.466 e. The fourth-order valence-electron chi connectivity index (χ4n) is 4.94. The summed E-state index contributed by atoms with van der Waals surface area (Å²) in [6.45, 7) is 9.91. The molecule has 0 radical (unpaired) electrons. The smallest absolute Gasteiger partial charge is 0.336 e. The van der Waals surface area contributed by atoms with Crippen LogP contribution in [-0.4, -0.2) is 30.1 Å². The number of thiazole rings is 1. The van der Waals surface area contributed by atoms with Gasteiger partial charge < -0.3 is 14.8 Å². The summed E-state index contributed by atoms with van der Waals surface area (Å²) in [5.41, 5.74) is 4.06. The van der Waals surface area contributed by atoms with E-state index in [1.165, 1.54) is 16.9 Å². The van der Waals surface area contributed by atoms with Gasteiger partial charge in [-0.25, -0.2) is 9.78 Å². The molecule has 1 N–H and O–H groups in total. The van der Waals surface area contributed by atoms with Gasteiger partial charge in [-0.2, -0.15) is 0 Å². The maximum absolute atomic E-state index is 13.7. The number of carbonyl (C=O) groups excluding carboxylic acids is 2. The molecule has 0 spiro atoms. The third-order valence-corrected chi connectivity index (χ3v) is 7.69. The number of carbonyl (C=O) groups is 2. The quantitative estimate of drug-likeness (QED) is 0.414. The molecule has 0 aliphatic carbocycles. The van der Waals surface area contributed by atoms with Crippen molar-refractivity contribution in [2.75, 3.05) is 13.2 Å². The molecular weight excluding hydrogens is 472 g/mol. The van der Waals surface area contributed by atoms with E-state index < -0.39 is 23.3 Å². The highest BCUT2D eigenvalue weighted by atomic mass is 32.1. The first-order valence-corrected chi connectivity index (χ1v) is 13.1. The molecular formula is C29H32N2O4S. The Labute approximate surface area is 216 Å². The number of hydrogen-bond acceptors (Lipinski definition) is 7. The number of aryl methyl sites for hydroxylation is 1. The van der Waals surface area contributed by atoms with Crippen molar-refractivity contribution < 1.29 is 19.1 Å². The van der Waals surface area contributed by atoms with E-state index in [-0.39, 0.29) is 19.2 Å². The van der Waals surface area contributed by atoms with Crippen LogP contribution in [0, 0.1) is 12.8 Å². The minimum atomic E-state index is -0.916. The Bertz CT molecular complexity index is 1270. The zero-order valence-corrected chi connectivity index (χ0v) is 22.1. The van der Waals surface area contributed by atoms with Gasteiger partial charge in [-0.15, -0.1) is 11.3 Å². The van der Waals surface area contributed by atoms with Crippen LogP contribution < -0.4 is 5.32 Å². The predicted octanol–water partition coefficient (Wildman–Crippen LogP) is 5.74. The minimum absolute atomic E-state index is 0.233. The highest BCUT2D eigenvalue weighted by Crippen LogP contribution is 2.49. The number of ether oxygens (including phenoxy) is 2. The highest BCUT2D eigenvalue weighted by molar-refractivity contribution is 7.10. The molecule has 6 nitrogen and oxygen atoms in total. The van der Waals surface area contributed by atoms with Crippen LogP contribution in [0.4, 0.5) is 0 Å². The van der Waals surface area contributed by atoms with Gasteiger partial charge in [0.25, 0.3) is 0 Å².